The van der Waals surface area contributed by atoms with Crippen LogP contribution in [0.1, 0.15) is 11.1 Å². The molecule has 4 nitrogen and oxygen atoms in total. The second-order valence-corrected chi connectivity index (χ2v) is 5.99. The van der Waals surface area contributed by atoms with Crippen molar-refractivity contribution in [2.24, 2.45) is 0 Å². The first-order valence-electron chi connectivity index (χ1n) is 8.07. The summed E-state index contributed by atoms with van der Waals surface area (Å²) in [4.78, 5) is 16.6. The van der Waals surface area contributed by atoms with Gasteiger partial charge in [0.05, 0.1) is 0 Å². The molecule has 5 heteroatoms. The number of carbonyl (C=O) groups is 1. The summed E-state index contributed by atoms with van der Waals surface area (Å²) in [5, 5.41) is 2.96. The zero-order chi connectivity index (χ0) is 16.2. The van der Waals surface area contributed by atoms with Crippen molar-refractivity contribution >= 4 is 29.8 Å². The topological polar surface area (TPSA) is 35.6 Å². The number of benzene rings is 2. The molecular formula is C19H24ClN3O. The lowest BCUT2D eigenvalue weighted by atomic mass is 10.1. The SMILES string of the molecule is Cc1cccc(N2CCN(C(=O)Nc3ccccc3)CC2)c1C.Cl. The van der Waals surface area contributed by atoms with Crippen molar-refractivity contribution < 1.29 is 4.79 Å². The number of carbonyl (C=O) groups excluding carboxylic acids is 1. The Morgan fingerprint density at radius 3 is 2.25 bits per heavy atom. The van der Waals surface area contributed by atoms with E-state index in [1.807, 2.05) is 35.2 Å². The highest BCUT2D eigenvalue weighted by Gasteiger charge is 2.22. The molecule has 2 aromatic carbocycles. The summed E-state index contributed by atoms with van der Waals surface area (Å²) in [5.74, 6) is 0. The monoisotopic (exact) mass is 345 g/mol. The molecule has 0 unspecified atom stereocenters. The Kier molecular flexibility index (Phi) is 6.10. The maximum absolute atomic E-state index is 12.3. The summed E-state index contributed by atoms with van der Waals surface area (Å²) in [6, 6.07) is 16.0. The molecule has 1 aliphatic heterocycles. The van der Waals surface area contributed by atoms with Gasteiger partial charge in [-0.15, -0.1) is 12.4 Å². The van der Waals surface area contributed by atoms with Crippen molar-refractivity contribution in [1.82, 2.24) is 4.90 Å². The van der Waals surface area contributed by atoms with Gasteiger partial charge in [0.25, 0.3) is 0 Å². The number of hydrogen-bond acceptors (Lipinski definition) is 2. The van der Waals surface area contributed by atoms with Crippen LogP contribution in [-0.4, -0.2) is 37.1 Å². The van der Waals surface area contributed by atoms with Gasteiger partial charge in [-0.3, -0.25) is 0 Å². The van der Waals surface area contributed by atoms with Crippen molar-refractivity contribution in [2.45, 2.75) is 13.8 Å². The van der Waals surface area contributed by atoms with Gasteiger partial charge in [-0.2, -0.15) is 0 Å². The largest absolute Gasteiger partial charge is 0.368 e. The van der Waals surface area contributed by atoms with Crippen LogP contribution in [-0.2, 0) is 0 Å². The predicted octanol–water partition coefficient (Wildman–Crippen LogP) is 4.08. The number of hydrogen-bond donors (Lipinski definition) is 1. The second-order valence-electron chi connectivity index (χ2n) is 5.99. The Hall–Kier alpha value is -2.20. The van der Waals surface area contributed by atoms with Crippen LogP contribution in [0.15, 0.2) is 48.5 Å². The highest BCUT2D eigenvalue weighted by molar-refractivity contribution is 5.89. The van der Waals surface area contributed by atoms with Gasteiger partial charge in [-0.25, -0.2) is 4.79 Å². The van der Waals surface area contributed by atoms with Crippen molar-refractivity contribution in [1.29, 1.82) is 0 Å². The summed E-state index contributed by atoms with van der Waals surface area (Å²) in [6.45, 7) is 7.53. The number of anilines is 2. The molecule has 0 aromatic heterocycles. The second kappa shape index (κ2) is 8.06. The van der Waals surface area contributed by atoms with E-state index in [2.05, 4.69) is 42.3 Å². The number of urea groups is 1. The van der Waals surface area contributed by atoms with E-state index in [1.165, 1.54) is 16.8 Å². The Morgan fingerprint density at radius 1 is 0.917 bits per heavy atom. The maximum atomic E-state index is 12.3. The first-order chi connectivity index (χ1) is 11.1. The smallest absolute Gasteiger partial charge is 0.321 e. The van der Waals surface area contributed by atoms with E-state index in [0.29, 0.717) is 0 Å². The molecule has 1 saturated heterocycles. The highest BCUT2D eigenvalue weighted by Crippen LogP contribution is 2.24. The van der Waals surface area contributed by atoms with Crippen LogP contribution in [0, 0.1) is 13.8 Å². The molecule has 3 rings (SSSR count). The van der Waals surface area contributed by atoms with Crippen LogP contribution >= 0.6 is 12.4 Å². The van der Waals surface area contributed by atoms with Crippen LogP contribution in [0.4, 0.5) is 16.2 Å². The van der Waals surface area contributed by atoms with Gasteiger partial charge in [0.15, 0.2) is 0 Å². The fraction of sp³-hybridized carbons (Fsp3) is 0.316. The first kappa shape index (κ1) is 18.1. The summed E-state index contributed by atoms with van der Waals surface area (Å²) in [6.07, 6.45) is 0. The molecule has 0 spiro atoms. The van der Waals surface area contributed by atoms with E-state index in [0.717, 1.165) is 31.9 Å². The van der Waals surface area contributed by atoms with E-state index >= 15 is 0 Å². The first-order valence-corrected chi connectivity index (χ1v) is 8.07. The highest BCUT2D eigenvalue weighted by atomic mass is 35.5. The normalized spacial score (nSPS) is 14.1. The molecule has 0 radical (unpaired) electrons. The molecule has 0 atom stereocenters. The lowest BCUT2D eigenvalue weighted by Gasteiger charge is -2.37. The van der Waals surface area contributed by atoms with Gasteiger partial charge in [0.2, 0.25) is 0 Å². The third-order valence-corrected chi connectivity index (χ3v) is 4.51. The van der Waals surface area contributed by atoms with E-state index < -0.39 is 0 Å². The summed E-state index contributed by atoms with van der Waals surface area (Å²) in [5.41, 5.74) is 4.77. The molecule has 24 heavy (non-hydrogen) atoms. The predicted molar refractivity (Wildman–Crippen MR) is 102 cm³/mol. The molecule has 1 fully saturated rings. The average Bonchev–Trinajstić information content (AvgIpc) is 2.58. The lowest BCUT2D eigenvalue weighted by molar-refractivity contribution is 0.208. The maximum Gasteiger partial charge on any atom is 0.321 e. The van der Waals surface area contributed by atoms with Gasteiger partial charge in [-0.05, 0) is 43.2 Å². The number of halogens is 1. The zero-order valence-electron chi connectivity index (χ0n) is 14.2. The number of nitrogens with zero attached hydrogens (tertiary/aromatic N) is 2. The van der Waals surface area contributed by atoms with Crippen LogP contribution in [0.3, 0.4) is 0 Å². The molecule has 0 saturated carbocycles. The third-order valence-electron chi connectivity index (χ3n) is 4.51. The third kappa shape index (κ3) is 4.01. The molecule has 1 aliphatic rings. The number of aryl methyl sites for hydroxylation is 1. The number of rotatable bonds is 2. The quantitative estimate of drug-likeness (QED) is 0.890. The molecule has 0 aliphatic carbocycles. The van der Waals surface area contributed by atoms with E-state index in [1.54, 1.807) is 0 Å². The average molecular weight is 346 g/mol. The molecule has 0 bridgehead atoms. The minimum Gasteiger partial charge on any atom is -0.368 e. The fourth-order valence-electron chi connectivity index (χ4n) is 2.95. The number of nitrogens with one attached hydrogen (secondary N) is 1. The van der Waals surface area contributed by atoms with E-state index in [-0.39, 0.29) is 18.4 Å². The van der Waals surface area contributed by atoms with Gasteiger partial charge in [0.1, 0.15) is 0 Å². The van der Waals surface area contributed by atoms with Crippen molar-refractivity contribution in [2.75, 3.05) is 36.4 Å². The van der Waals surface area contributed by atoms with E-state index in [4.69, 9.17) is 0 Å². The molecule has 128 valence electrons. The number of para-hydroxylation sites is 1. The Balaban J connectivity index is 0.00000208. The Bertz CT molecular complexity index is 682. The van der Waals surface area contributed by atoms with E-state index in [9.17, 15) is 4.79 Å². The number of amides is 2. The van der Waals surface area contributed by atoms with Crippen LogP contribution < -0.4 is 10.2 Å². The van der Waals surface area contributed by atoms with Crippen molar-refractivity contribution in [3.63, 3.8) is 0 Å². The fourth-order valence-corrected chi connectivity index (χ4v) is 2.95. The van der Waals surface area contributed by atoms with Gasteiger partial charge >= 0.3 is 6.03 Å². The molecule has 1 N–H and O–H groups in total. The molecule has 2 amide bonds. The Labute approximate surface area is 149 Å². The summed E-state index contributed by atoms with van der Waals surface area (Å²) < 4.78 is 0. The molecular weight excluding hydrogens is 322 g/mol. The van der Waals surface area contributed by atoms with Crippen molar-refractivity contribution in [3.8, 4) is 0 Å². The van der Waals surface area contributed by atoms with Crippen molar-refractivity contribution in [3.05, 3.63) is 59.7 Å². The Morgan fingerprint density at radius 2 is 1.58 bits per heavy atom. The van der Waals surface area contributed by atoms with Crippen LogP contribution in [0.25, 0.3) is 0 Å². The van der Waals surface area contributed by atoms with Gasteiger partial charge in [-0.1, -0.05) is 30.3 Å². The number of piperazine rings is 1. The van der Waals surface area contributed by atoms with Crippen LogP contribution in [0.2, 0.25) is 0 Å². The summed E-state index contributed by atoms with van der Waals surface area (Å²) >= 11 is 0. The molecule has 1 heterocycles. The lowest BCUT2D eigenvalue weighted by Crippen LogP contribution is -2.50. The van der Waals surface area contributed by atoms with Crippen LogP contribution in [0.5, 0.6) is 0 Å². The van der Waals surface area contributed by atoms with Gasteiger partial charge in [0, 0.05) is 37.6 Å². The molecule has 2 aromatic rings. The minimum atomic E-state index is -0.0168. The standard InChI is InChI=1S/C19H23N3O.ClH/c1-15-7-6-10-18(16(15)2)21-11-13-22(14-12-21)19(23)20-17-8-4-3-5-9-17;/h3-10H,11-14H2,1-2H3,(H,20,23);1H. The van der Waals surface area contributed by atoms with Gasteiger partial charge < -0.3 is 15.1 Å². The zero-order valence-corrected chi connectivity index (χ0v) is 15.0. The minimum absolute atomic E-state index is 0. The summed E-state index contributed by atoms with van der Waals surface area (Å²) in [7, 11) is 0.